The summed E-state index contributed by atoms with van der Waals surface area (Å²) in [5.74, 6) is 1.88. The maximum Gasteiger partial charge on any atom is 0.133 e. The molecule has 4 rings (SSSR count). The minimum atomic E-state index is 0.105. The third-order valence-electron chi connectivity index (χ3n) is 5.73. The van der Waals surface area contributed by atoms with Crippen molar-refractivity contribution in [1.29, 1.82) is 0 Å². The van der Waals surface area contributed by atoms with Gasteiger partial charge in [0.05, 0.1) is 5.69 Å². The minimum absolute atomic E-state index is 0.105. The Labute approximate surface area is 155 Å². The van der Waals surface area contributed by atoms with Crippen molar-refractivity contribution in [2.75, 3.05) is 38.2 Å². The standard InChI is InChI=1S/C21H28N4O/c1-16-24-19-8-12-22-11-7-18(19)20(25-16)23-15-21(9-13-26-14-10-21)17-5-3-2-4-6-17/h2-6,22H,7-15H2,1H3,(H,23,24,25). The van der Waals surface area contributed by atoms with Gasteiger partial charge in [-0.25, -0.2) is 9.97 Å². The van der Waals surface area contributed by atoms with E-state index >= 15 is 0 Å². The highest BCUT2D eigenvalue weighted by molar-refractivity contribution is 5.48. The number of rotatable bonds is 4. The number of nitrogens with zero attached hydrogens (tertiary/aromatic N) is 2. The van der Waals surface area contributed by atoms with Crippen LogP contribution in [-0.4, -0.2) is 42.8 Å². The lowest BCUT2D eigenvalue weighted by Crippen LogP contribution is -2.40. The molecule has 0 unspecified atom stereocenters. The fraction of sp³-hybridized carbons (Fsp3) is 0.524. The predicted molar refractivity (Wildman–Crippen MR) is 104 cm³/mol. The van der Waals surface area contributed by atoms with Crippen molar-refractivity contribution in [3.63, 3.8) is 0 Å². The molecule has 0 amide bonds. The van der Waals surface area contributed by atoms with Crippen LogP contribution in [0.2, 0.25) is 0 Å². The number of hydrogen-bond acceptors (Lipinski definition) is 5. The summed E-state index contributed by atoms with van der Waals surface area (Å²) in [6.45, 7) is 6.50. The monoisotopic (exact) mass is 352 g/mol. The number of aryl methyl sites for hydroxylation is 1. The second-order valence-electron chi connectivity index (χ2n) is 7.41. The number of hydrogen-bond donors (Lipinski definition) is 2. The van der Waals surface area contributed by atoms with Crippen molar-refractivity contribution >= 4 is 5.82 Å². The Morgan fingerprint density at radius 3 is 2.65 bits per heavy atom. The number of fused-ring (bicyclic) bond motifs is 1. The smallest absolute Gasteiger partial charge is 0.133 e. The lowest BCUT2D eigenvalue weighted by Gasteiger charge is -2.38. The summed E-state index contributed by atoms with van der Waals surface area (Å²) in [5, 5.41) is 7.18. The molecule has 1 saturated heterocycles. The largest absolute Gasteiger partial charge is 0.381 e. The van der Waals surface area contributed by atoms with E-state index in [1.54, 1.807) is 0 Å². The zero-order valence-corrected chi connectivity index (χ0v) is 15.6. The van der Waals surface area contributed by atoms with Gasteiger partial charge in [-0.05, 0) is 38.3 Å². The Hall–Kier alpha value is -1.98. The van der Waals surface area contributed by atoms with Gasteiger partial charge in [-0.2, -0.15) is 0 Å². The van der Waals surface area contributed by atoms with Crippen molar-refractivity contribution in [3.05, 3.63) is 53.0 Å². The molecule has 2 aliphatic heterocycles. The highest BCUT2D eigenvalue weighted by atomic mass is 16.5. The average molecular weight is 352 g/mol. The van der Waals surface area contributed by atoms with Gasteiger partial charge in [-0.1, -0.05) is 30.3 Å². The minimum Gasteiger partial charge on any atom is -0.381 e. The second kappa shape index (κ2) is 7.72. The Morgan fingerprint density at radius 2 is 1.85 bits per heavy atom. The lowest BCUT2D eigenvalue weighted by molar-refractivity contribution is 0.0543. The fourth-order valence-electron chi connectivity index (χ4n) is 4.19. The first-order valence-electron chi connectivity index (χ1n) is 9.71. The number of benzene rings is 1. The average Bonchev–Trinajstić information content (AvgIpc) is 2.93. The summed E-state index contributed by atoms with van der Waals surface area (Å²) in [6, 6.07) is 10.9. The zero-order valence-electron chi connectivity index (χ0n) is 15.6. The van der Waals surface area contributed by atoms with Crippen molar-refractivity contribution < 1.29 is 4.74 Å². The number of aromatic nitrogens is 2. The quantitative estimate of drug-likeness (QED) is 0.886. The second-order valence-corrected chi connectivity index (χ2v) is 7.41. The van der Waals surface area contributed by atoms with E-state index in [1.165, 1.54) is 16.8 Å². The molecular formula is C21H28N4O. The molecule has 0 bridgehead atoms. The van der Waals surface area contributed by atoms with Crippen LogP contribution in [0.15, 0.2) is 30.3 Å². The Bertz CT molecular complexity index is 741. The highest BCUT2D eigenvalue weighted by Gasteiger charge is 2.34. The Balaban J connectivity index is 1.61. The maximum atomic E-state index is 5.66. The SMILES string of the molecule is Cc1nc2c(c(NCC3(c4ccccc4)CCOCC3)n1)CCNCC2. The van der Waals surface area contributed by atoms with Crippen LogP contribution in [0.5, 0.6) is 0 Å². The first kappa shape index (κ1) is 17.4. The van der Waals surface area contributed by atoms with Crippen LogP contribution in [0.25, 0.3) is 0 Å². The van der Waals surface area contributed by atoms with Gasteiger partial charge in [0.1, 0.15) is 11.6 Å². The van der Waals surface area contributed by atoms with Crippen LogP contribution in [0.3, 0.4) is 0 Å². The first-order valence-corrected chi connectivity index (χ1v) is 9.71. The van der Waals surface area contributed by atoms with Gasteiger partial charge in [0.15, 0.2) is 0 Å². The Morgan fingerprint density at radius 1 is 1.08 bits per heavy atom. The Kier molecular flexibility index (Phi) is 5.18. The molecule has 3 heterocycles. The lowest BCUT2D eigenvalue weighted by atomic mass is 9.74. The third kappa shape index (κ3) is 3.60. The van der Waals surface area contributed by atoms with E-state index in [9.17, 15) is 0 Å². The van der Waals surface area contributed by atoms with Crippen LogP contribution in [0.4, 0.5) is 5.82 Å². The van der Waals surface area contributed by atoms with Crippen LogP contribution in [0, 0.1) is 6.92 Å². The van der Waals surface area contributed by atoms with Crippen LogP contribution in [0.1, 0.15) is 35.5 Å². The van der Waals surface area contributed by atoms with Crippen LogP contribution >= 0.6 is 0 Å². The maximum absolute atomic E-state index is 5.66. The van der Waals surface area contributed by atoms with Crippen molar-refractivity contribution in [2.45, 2.75) is 38.0 Å². The summed E-state index contributed by atoms with van der Waals surface area (Å²) in [7, 11) is 0. The molecule has 26 heavy (non-hydrogen) atoms. The normalized spacial score (nSPS) is 19.4. The summed E-state index contributed by atoms with van der Waals surface area (Å²) < 4.78 is 5.66. The van der Waals surface area contributed by atoms with Gasteiger partial charge in [0.2, 0.25) is 0 Å². The molecule has 5 heteroatoms. The predicted octanol–water partition coefficient (Wildman–Crippen LogP) is 2.63. The van der Waals surface area contributed by atoms with Gasteiger partial charge < -0.3 is 15.4 Å². The highest BCUT2D eigenvalue weighted by Crippen LogP contribution is 2.35. The summed E-state index contributed by atoms with van der Waals surface area (Å²) in [6.07, 6.45) is 4.04. The van der Waals surface area contributed by atoms with E-state index in [0.29, 0.717) is 0 Å². The molecular weight excluding hydrogens is 324 g/mol. The number of anilines is 1. The fourth-order valence-corrected chi connectivity index (χ4v) is 4.19. The molecule has 0 aliphatic carbocycles. The van der Waals surface area contributed by atoms with Gasteiger partial charge in [0, 0.05) is 43.7 Å². The van der Waals surface area contributed by atoms with Crippen molar-refractivity contribution in [3.8, 4) is 0 Å². The van der Waals surface area contributed by atoms with E-state index in [4.69, 9.17) is 14.7 Å². The van der Waals surface area contributed by atoms with Crippen LogP contribution in [-0.2, 0) is 23.0 Å². The third-order valence-corrected chi connectivity index (χ3v) is 5.73. The molecule has 0 spiro atoms. The molecule has 1 aromatic carbocycles. The molecule has 138 valence electrons. The van der Waals surface area contributed by atoms with E-state index in [-0.39, 0.29) is 5.41 Å². The molecule has 0 saturated carbocycles. The zero-order chi connectivity index (χ0) is 17.8. The molecule has 5 nitrogen and oxygen atoms in total. The molecule has 2 N–H and O–H groups in total. The van der Waals surface area contributed by atoms with Gasteiger partial charge in [0.25, 0.3) is 0 Å². The van der Waals surface area contributed by atoms with Crippen LogP contribution < -0.4 is 10.6 Å². The molecule has 2 aromatic rings. The van der Waals surface area contributed by atoms with E-state index in [2.05, 4.69) is 41.0 Å². The van der Waals surface area contributed by atoms with Crippen molar-refractivity contribution in [1.82, 2.24) is 15.3 Å². The van der Waals surface area contributed by atoms with E-state index in [0.717, 1.165) is 70.2 Å². The van der Waals surface area contributed by atoms with Gasteiger partial charge >= 0.3 is 0 Å². The molecule has 1 aromatic heterocycles. The van der Waals surface area contributed by atoms with Gasteiger partial charge in [-0.15, -0.1) is 0 Å². The topological polar surface area (TPSA) is 59.1 Å². The van der Waals surface area contributed by atoms with Crippen molar-refractivity contribution in [2.24, 2.45) is 0 Å². The summed E-state index contributed by atoms with van der Waals surface area (Å²) >= 11 is 0. The first-order chi connectivity index (χ1) is 12.8. The van der Waals surface area contributed by atoms with Gasteiger partial charge in [-0.3, -0.25) is 0 Å². The molecule has 0 atom stereocenters. The number of ether oxygens (including phenoxy) is 1. The molecule has 1 fully saturated rings. The van der Waals surface area contributed by atoms with E-state index in [1.807, 2.05) is 6.92 Å². The molecule has 2 aliphatic rings. The summed E-state index contributed by atoms with van der Waals surface area (Å²) in [5.41, 5.74) is 3.99. The van der Waals surface area contributed by atoms with E-state index < -0.39 is 0 Å². The molecule has 0 radical (unpaired) electrons. The summed E-state index contributed by atoms with van der Waals surface area (Å²) in [4.78, 5) is 9.45. The number of nitrogens with one attached hydrogen (secondary N) is 2.